The maximum atomic E-state index is 11.6. The van der Waals surface area contributed by atoms with Crippen LogP contribution in [0.3, 0.4) is 0 Å². The van der Waals surface area contributed by atoms with Gasteiger partial charge in [0.15, 0.2) is 0 Å². The Balaban J connectivity index is 2.02. The van der Waals surface area contributed by atoms with Crippen molar-refractivity contribution in [1.29, 1.82) is 0 Å². The quantitative estimate of drug-likeness (QED) is 0.822. The predicted octanol–water partition coefficient (Wildman–Crippen LogP) is 2.13. The summed E-state index contributed by atoms with van der Waals surface area (Å²) in [5.41, 5.74) is 0.478. The summed E-state index contributed by atoms with van der Waals surface area (Å²) in [7, 11) is 0. The Morgan fingerprint density at radius 3 is 2.86 bits per heavy atom. The molecule has 1 aliphatic rings. The number of nitrogens with one attached hydrogen (secondary N) is 1. The summed E-state index contributed by atoms with van der Waals surface area (Å²) in [5, 5.41) is 2.94. The molecule has 1 N–H and O–H groups in total. The molecule has 0 bridgehead atoms. The van der Waals surface area contributed by atoms with E-state index in [0.29, 0.717) is 16.3 Å². The highest BCUT2D eigenvalue weighted by Crippen LogP contribution is 2.18. The third kappa shape index (κ3) is 2.12. The average molecular weight is 255 g/mol. The van der Waals surface area contributed by atoms with E-state index in [4.69, 9.17) is 0 Å². The molecule has 3 nitrogen and oxygen atoms in total. The average Bonchev–Trinajstić information content (AvgIpc) is 2.11. The lowest BCUT2D eigenvalue weighted by molar-refractivity contribution is 0.0911. The van der Waals surface area contributed by atoms with Gasteiger partial charge in [0, 0.05) is 6.04 Å². The Labute approximate surface area is 91.0 Å². The van der Waals surface area contributed by atoms with Crippen LogP contribution in [-0.4, -0.2) is 16.9 Å². The first-order chi connectivity index (χ1) is 6.75. The lowest BCUT2D eigenvalue weighted by Gasteiger charge is -2.26. The van der Waals surface area contributed by atoms with Crippen LogP contribution in [0.25, 0.3) is 0 Å². The highest BCUT2D eigenvalue weighted by Gasteiger charge is 2.20. The van der Waals surface area contributed by atoms with Gasteiger partial charge in [0.25, 0.3) is 5.91 Å². The van der Waals surface area contributed by atoms with Gasteiger partial charge in [0.2, 0.25) is 0 Å². The first-order valence-corrected chi connectivity index (χ1v) is 5.48. The van der Waals surface area contributed by atoms with E-state index < -0.39 is 0 Å². The topological polar surface area (TPSA) is 42.0 Å². The van der Waals surface area contributed by atoms with E-state index in [1.165, 1.54) is 6.42 Å². The number of nitrogens with zero attached hydrogens (tertiary/aromatic N) is 1. The van der Waals surface area contributed by atoms with Gasteiger partial charge in [-0.3, -0.25) is 4.79 Å². The van der Waals surface area contributed by atoms with Crippen LogP contribution in [0.4, 0.5) is 0 Å². The summed E-state index contributed by atoms with van der Waals surface area (Å²) in [5.74, 6) is -0.0731. The van der Waals surface area contributed by atoms with Crippen molar-refractivity contribution in [3.8, 4) is 0 Å². The van der Waals surface area contributed by atoms with Gasteiger partial charge in [-0.15, -0.1) is 0 Å². The third-order valence-electron chi connectivity index (χ3n) is 2.39. The minimum atomic E-state index is -0.0731. The van der Waals surface area contributed by atoms with Gasteiger partial charge in [-0.25, -0.2) is 4.98 Å². The lowest BCUT2D eigenvalue weighted by Crippen LogP contribution is -2.39. The van der Waals surface area contributed by atoms with Crippen molar-refractivity contribution >= 4 is 21.8 Å². The zero-order chi connectivity index (χ0) is 9.97. The molecule has 1 aromatic heterocycles. The summed E-state index contributed by atoms with van der Waals surface area (Å²) in [6.45, 7) is 0. The fourth-order valence-corrected chi connectivity index (χ4v) is 1.69. The van der Waals surface area contributed by atoms with Crippen molar-refractivity contribution in [3.63, 3.8) is 0 Å². The van der Waals surface area contributed by atoms with Gasteiger partial charge in [-0.1, -0.05) is 6.07 Å². The van der Waals surface area contributed by atoms with E-state index in [2.05, 4.69) is 26.2 Å². The summed E-state index contributed by atoms with van der Waals surface area (Å²) < 4.78 is 0.693. The van der Waals surface area contributed by atoms with E-state index in [1.54, 1.807) is 12.1 Å². The van der Waals surface area contributed by atoms with E-state index in [9.17, 15) is 4.79 Å². The summed E-state index contributed by atoms with van der Waals surface area (Å²) in [6.07, 6.45) is 3.41. The summed E-state index contributed by atoms with van der Waals surface area (Å²) in [6, 6.07) is 5.70. The largest absolute Gasteiger partial charge is 0.348 e. The summed E-state index contributed by atoms with van der Waals surface area (Å²) in [4.78, 5) is 15.7. The van der Waals surface area contributed by atoms with Crippen molar-refractivity contribution in [2.45, 2.75) is 25.3 Å². The van der Waals surface area contributed by atoms with Crippen molar-refractivity contribution in [3.05, 3.63) is 28.5 Å². The normalized spacial score (nSPS) is 16.1. The number of pyridine rings is 1. The van der Waals surface area contributed by atoms with Crippen LogP contribution in [0, 0.1) is 0 Å². The van der Waals surface area contributed by atoms with Crippen LogP contribution in [0.1, 0.15) is 29.8 Å². The van der Waals surface area contributed by atoms with Crippen LogP contribution >= 0.6 is 15.9 Å². The van der Waals surface area contributed by atoms with Crippen LogP contribution < -0.4 is 5.32 Å². The monoisotopic (exact) mass is 254 g/mol. The molecule has 74 valence electrons. The smallest absolute Gasteiger partial charge is 0.270 e. The Morgan fingerprint density at radius 1 is 1.50 bits per heavy atom. The van der Waals surface area contributed by atoms with E-state index >= 15 is 0 Å². The number of carbonyl (C=O) groups is 1. The second-order valence-corrected chi connectivity index (χ2v) is 4.26. The fourth-order valence-electron chi connectivity index (χ4n) is 1.35. The SMILES string of the molecule is O=C(NC1CCC1)c1cccc(Br)n1. The molecule has 1 heterocycles. The molecule has 1 saturated carbocycles. The molecule has 0 atom stereocenters. The highest BCUT2D eigenvalue weighted by molar-refractivity contribution is 9.10. The molecule has 0 saturated heterocycles. The number of hydrogen-bond donors (Lipinski definition) is 1. The van der Waals surface area contributed by atoms with Crippen LogP contribution in [0.5, 0.6) is 0 Å². The molecule has 0 unspecified atom stereocenters. The summed E-state index contributed by atoms with van der Waals surface area (Å²) >= 11 is 3.24. The first kappa shape index (κ1) is 9.65. The molecule has 1 fully saturated rings. The number of rotatable bonds is 2. The number of aromatic nitrogens is 1. The van der Waals surface area contributed by atoms with Crippen LogP contribution in [0.15, 0.2) is 22.8 Å². The number of amides is 1. The van der Waals surface area contributed by atoms with Crippen LogP contribution in [0.2, 0.25) is 0 Å². The molecule has 1 aliphatic carbocycles. The van der Waals surface area contributed by atoms with Crippen molar-refractivity contribution in [1.82, 2.24) is 10.3 Å². The zero-order valence-corrected chi connectivity index (χ0v) is 9.25. The van der Waals surface area contributed by atoms with Gasteiger partial charge in [-0.05, 0) is 47.3 Å². The first-order valence-electron chi connectivity index (χ1n) is 4.69. The van der Waals surface area contributed by atoms with E-state index in [1.807, 2.05) is 6.07 Å². The number of carbonyl (C=O) groups excluding carboxylic acids is 1. The lowest BCUT2D eigenvalue weighted by atomic mass is 9.93. The Morgan fingerprint density at radius 2 is 2.29 bits per heavy atom. The van der Waals surface area contributed by atoms with E-state index in [0.717, 1.165) is 12.8 Å². The predicted molar refractivity (Wildman–Crippen MR) is 57.0 cm³/mol. The highest BCUT2D eigenvalue weighted by atomic mass is 79.9. The second kappa shape index (κ2) is 4.09. The molecule has 0 aliphatic heterocycles. The minimum absolute atomic E-state index is 0.0731. The maximum absolute atomic E-state index is 11.6. The van der Waals surface area contributed by atoms with E-state index in [-0.39, 0.29) is 5.91 Å². The Bertz CT molecular complexity index is 350. The van der Waals surface area contributed by atoms with Crippen molar-refractivity contribution < 1.29 is 4.79 Å². The maximum Gasteiger partial charge on any atom is 0.270 e. The van der Waals surface area contributed by atoms with Gasteiger partial charge in [0.05, 0.1) is 0 Å². The fraction of sp³-hybridized carbons (Fsp3) is 0.400. The van der Waals surface area contributed by atoms with Crippen molar-refractivity contribution in [2.75, 3.05) is 0 Å². The molecular formula is C10H11BrN2O. The Kier molecular flexibility index (Phi) is 2.82. The standard InChI is InChI=1S/C10H11BrN2O/c11-9-6-2-5-8(13-9)10(14)12-7-3-1-4-7/h2,5-7H,1,3-4H2,(H,12,14). The molecular weight excluding hydrogens is 244 g/mol. The molecule has 2 rings (SSSR count). The van der Waals surface area contributed by atoms with Gasteiger partial charge >= 0.3 is 0 Å². The zero-order valence-electron chi connectivity index (χ0n) is 7.66. The minimum Gasteiger partial charge on any atom is -0.348 e. The second-order valence-electron chi connectivity index (χ2n) is 3.45. The van der Waals surface area contributed by atoms with Gasteiger partial charge in [0.1, 0.15) is 10.3 Å². The Hall–Kier alpha value is -0.900. The molecule has 1 amide bonds. The molecule has 0 aromatic carbocycles. The number of halogens is 1. The molecule has 0 radical (unpaired) electrons. The van der Waals surface area contributed by atoms with Gasteiger partial charge in [-0.2, -0.15) is 0 Å². The van der Waals surface area contributed by atoms with Crippen LogP contribution in [-0.2, 0) is 0 Å². The number of hydrogen-bond acceptors (Lipinski definition) is 2. The van der Waals surface area contributed by atoms with Crippen molar-refractivity contribution in [2.24, 2.45) is 0 Å². The van der Waals surface area contributed by atoms with Gasteiger partial charge < -0.3 is 5.32 Å². The molecule has 1 aromatic rings. The molecule has 4 heteroatoms. The molecule has 0 spiro atoms. The molecule has 14 heavy (non-hydrogen) atoms. The third-order valence-corrected chi connectivity index (χ3v) is 2.83.